The molecule has 1 aromatic rings. The van der Waals surface area contributed by atoms with Crippen LogP contribution in [0, 0.1) is 0 Å². The van der Waals surface area contributed by atoms with Gasteiger partial charge in [-0.2, -0.15) is 0 Å². The Kier molecular flexibility index (Phi) is 2.97. The first-order valence-electron chi connectivity index (χ1n) is 3.51. The first kappa shape index (κ1) is 9.18. The van der Waals surface area contributed by atoms with E-state index in [2.05, 4.69) is 9.72 Å². The zero-order valence-corrected chi connectivity index (χ0v) is 6.64. The van der Waals surface area contributed by atoms with Crippen molar-refractivity contribution in [1.29, 1.82) is 0 Å². The van der Waals surface area contributed by atoms with Gasteiger partial charge in [-0.25, -0.2) is 0 Å². The molecule has 0 fully saturated rings. The number of carbonyl (C=O) groups excluding carboxylic acids is 1. The van der Waals surface area contributed by atoms with Gasteiger partial charge >= 0.3 is 11.9 Å². The molecular formula is C8H7NO4. The Hall–Kier alpha value is -1.91. The summed E-state index contributed by atoms with van der Waals surface area (Å²) in [7, 11) is 0. The van der Waals surface area contributed by atoms with Crippen LogP contribution in [0.4, 0.5) is 0 Å². The molecular weight excluding hydrogens is 174 g/mol. The van der Waals surface area contributed by atoms with Crippen molar-refractivity contribution in [1.82, 2.24) is 4.98 Å². The summed E-state index contributed by atoms with van der Waals surface area (Å²) in [6.45, 7) is 0. The number of ether oxygens (including phenoxy) is 1. The first-order chi connectivity index (χ1) is 6.18. The van der Waals surface area contributed by atoms with E-state index in [9.17, 15) is 9.59 Å². The molecule has 0 aliphatic carbocycles. The topological polar surface area (TPSA) is 76.5 Å². The normalized spacial score (nSPS) is 9.23. The number of carboxylic acid groups (broad SMARTS) is 1. The lowest BCUT2D eigenvalue weighted by molar-refractivity contribution is -0.145. The fourth-order valence-electron chi connectivity index (χ4n) is 0.697. The summed E-state index contributed by atoms with van der Waals surface area (Å²) in [5.41, 5.74) is 0. The van der Waals surface area contributed by atoms with E-state index in [1.807, 2.05) is 0 Å². The van der Waals surface area contributed by atoms with E-state index in [0.717, 1.165) is 0 Å². The van der Waals surface area contributed by atoms with Crippen LogP contribution in [-0.4, -0.2) is 22.0 Å². The highest BCUT2D eigenvalue weighted by molar-refractivity contribution is 5.91. The lowest BCUT2D eigenvalue weighted by Crippen LogP contribution is -2.13. The molecule has 0 amide bonds. The molecule has 1 heterocycles. The molecule has 1 N–H and O–H groups in total. The number of esters is 1. The van der Waals surface area contributed by atoms with Crippen LogP contribution in [0.25, 0.3) is 0 Å². The van der Waals surface area contributed by atoms with Gasteiger partial charge in [-0.15, -0.1) is 0 Å². The van der Waals surface area contributed by atoms with Crippen LogP contribution < -0.4 is 4.74 Å². The van der Waals surface area contributed by atoms with Crippen LogP contribution in [0.2, 0.25) is 0 Å². The van der Waals surface area contributed by atoms with Gasteiger partial charge in [0.1, 0.15) is 12.2 Å². The molecule has 0 saturated heterocycles. The van der Waals surface area contributed by atoms with Crippen molar-refractivity contribution in [3.05, 3.63) is 24.5 Å². The summed E-state index contributed by atoms with van der Waals surface area (Å²) >= 11 is 0. The number of pyridine rings is 1. The predicted octanol–water partition coefficient (Wildman–Crippen LogP) is 0.462. The lowest BCUT2D eigenvalue weighted by atomic mass is 10.4. The molecule has 5 heteroatoms. The molecule has 13 heavy (non-hydrogen) atoms. The van der Waals surface area contributed by atoms with E-state index in [1.54, 1.807) is 0 Å². The zero-order chi connectivity index (χ0) is 9.68. The summed E-state index contributed by atoms with van der Waals surface area (Å²) in [6.07, 6.45) is 2.26. The third-order valence-corrected chi connectivity index (χ3v) is 1.18. The van der Waals surface area contributed by atoms with Gasteiger partial charge in [-0.05, 0) is 12.1 Å². The zero-order valence-electron chi connectivity index (χ0n) is 6.64. The summed E-state index contributed by atoms with van der Waals surface area (Å²) in [5.74, 6) is -1.71. The summed E-state index contributed by atoms with van der Waals surface area (Å²) in [5, 5.41) is 8.25. The van der Waals surface area contributed by atoms with Crippen molar-refractivity contribution in [3.63, 3.8) is 0 Å². The van der Waals surface area contributed by atoms with E-state index in [1.165, 1.54) is 24.5 Å². The van der Waals surface area contributed by atoms with Gasteiger partial charge in [0.05, 0.1) is 0 Å². The minimum Gasteiger partial charge on any atom is -0.481 e. The Morgan fingerprint density at radius 2 is 2.00 bits per heavy atom. The lowest BCUT2D eigenvalue weighted by Gasteiger charge is -2.00. The third-order valence-electron chi connectivity index (χ3n) is 1.18. The van der Waals surface area contributed by atoms with Gasteiger partial charge < -0.3 is 9.84 Å². The van der Waals surface area contributed by atoms with E-state index >= 15 is 0 Å². The Labute approximate surface area is 74.0 Å². The Balaban J connectivity index is 2.50. The van der Waals surface area contributed by atoms with Crippen molar-refractivity contribution in [2.24, 2.45) is 0 Å². The quantitative estimate of drug-likeness (QED) is 0.541. The number of aromatic nitrogens is 1. The van der Waals surface area contributed by atoms with Crippen LogP contribution in [0.15, 0.2) is 24.5 Å². The van der Waals surface area contributed by atoms with Gasteiger partial charge in [-0.1, -0.05) is 0 Å². The third kappa shape index (κ3) is 3.33. The molecule has 0 saturated carbocycles. The maximum absolute atomic E-state index is 10.8. The van der Waals surface area contributed by atoms with Gasteiger partial charge in [0.2, 0.25) is 0 Å². The summed E-state index contributed by atoms with van der Waals surface area (Å²) < 4.78 is 4.67. The maximum Gasteiger partial charge on any atom is 0.322 e. The number of nitrogens with zero attached hydrogens (tertiary/aromatic N) is 1. The number of rotatable bonds is 3. The summed E-state index contributed by atoms with van der Waals surface area (Å²) in [4.78, 5) is 24.6. The molecule has 0 aliphatic heterocycles. The van der Waals surface area contributed by atoms with E-state index in [-0.39, 0.29) is 0 Å². The standard InChI is InChI=1S/C8H7NO4/c10-7(11)5-8(12)13-6-1-3-9-4-2-6/h1-4H,5H2,(H,10,11). The van der Waals surface area contributed by atoms with Crippen LogP contribution in [-0.2, 0) is 9.59 Å². The van der Waals surface area contributed by atoms with Gasteiger partial charge in [0.15, 0.2) is 0 Å². The molecule has 0 spiro atoms. The number of carboxylic acids is 1. The smallest absolute Gasteiger partial charge is 0.322 e. The van der Waals surface area contributed by atoms with Gasteiger partial charge in [0, 0.05) is 12.4 Å². The van der Waals surface area contributed by atoms with Crippen molar-refractivity contribution in [3.8, 4) is 5.75 Å². The largest absolute Gasteiger partial charge is 0.481 e. The summed E-state index contributed by atoms with van der Waals surface area (Å²) in [6, 6.07) is 2.94. The van der Waals surface area contributed by atoms with E-state index < -0.39 is 18.4 Å². The van der Waals surface area contributed by atoms with Gasteiger partial charge in [-0.3, -0.25) is 14.6 Å². The Morgan fingerprint density at radius 1 is 1.38 bits per heavy atom. The monoisotopic (exact) mass is 181 g/mol. The number of hydrogen-bond donors (Lipinski definition) is 1. The van der Waals surface area contributed by atoms with Crippen LogP contribution >= 0.6 is 0 Å². The molecule has 0 unspecified atom stereocenters. The van der Waals surface area contributed by atoms with E-state index in [0.29, 0.717) is 5.75 Å². The molecule has 0 atom stereocenters. The maximum atomic E-state index is 10.8. The molecule has 1 rings (SSSR count). The molecule has 0 radical (unpaired) electrons. The van der Waals surface area contributed by atoms with Crippen molar-refractivity contribution >= 4 is 11.9 Å². The van der Waals surface area contributed by atoms with E-state index in [4.69, 9.17) is 5.11 Å². The van der Waals surface area contributed by atoms with Crippen LogP contribution in [0.3, 0.4) is 0 Å². The van der Waals surface area contributed by atoms with Crippen LogP contribution in [0.1, 0.15) is 6.42 Å². The second kappa shape index (κ2) is 4.20. The highest BCUT2D eigenvalue weighted by atomic mass is 16.5. The second-order valence-corrected chi connectivity index (χ2v) is 2.23. The van der Waals surface area contributed by atoms with Gasteiger partial charge in [0.25, 0.3) is 0 Å². The number of hydrogen-bond acceptors (Lipinski definition) is 4. The van der Waals surface area contributed by atoms with Crippen LogP contribution in [0.5, 0.6) is 5.75 Å². The van der Waals surface area contributed by atoms with Crippen molar-refractivity contribution < 1.29 is 19.4 Å². The molecule has 0 aromatic carbocycles. The molecule has 1 aromatic heterocycles. The number of aliphatic carboxylic acids is 1. The fraction of sp³-hybridized carbons (Fsp3) is 0.125. The van der Waals surface area contributed by atoms with Crippen molar-refractivity contribution in [2.45, 2.75) is 6.42 Å². The highest BCUT2D eigenvalue weighted by Gasteiger charge is 2.09. The number of carbonyl (C=O) groups is 2. The molecule has 0 bridgehead atoms. The second-order valence-electron chi connectivity index (χ2n) is 2.23. The Bertz CT molecular complexity index is 309. The fourth-order valence-corrected chi connectivity index (χ4v) is 0.697. The SMILES string of the molecule is O=C(O)CC(=O)Oc1ccncc1. The van der Waals surface area contributed by atoms with Crippen molar-refractivity contribution in [2.75, 3.05) is 0 Å². The Morgan fingerprint density at radius 3 is 2.54 bits per heavy atom. The molecule has 5 nitrogen and oxygen atoms in total. The predicted molar refractivity (Wildman–Crippen MR) is 42.1 cm³/mol. The highest BCUT2D eigenvalue weighted by Crippen LogP contribution is 2.07. The minimum atomic E-state index is -1.21. The molecule has 0 aliphatic rings. The molecule has 68 valence electrons. The first-order valence-corrected chi connectivity index (χ1v) is 3.51. The average molecular weight is 181 g/mol. The average Bonchev–Trinajstić information content (AvgIpc) is 2.04. The minimum absolute atomic E-state index is 0.293.